The molecule has 0 radical (unpaired) electrons. The Kier molecular flexibility index (Phi) is 5.04. The van der Waals surface area contributed by atoms with Crippen LogP contribution in [0.3, 0.4) is 0 Å². The third-order valence-electron chi connectivity index (χ3n) is 2.72. The second-order valence-electron chi connectivity index (χ2n) is 4.42. The van der Waals surface area contributed by atoms with Gasteiger partial charge in [-0.2, -0.15) is 0 Å². The molecule has 6 heteroatoms. The number of pyridine rings is 1. The van der Waals surface area contributed by atoms with Crippen LogP contribution in [0.1, 0.15) is 29.4 Å². The molecular weight excluding hydrogens is 313 g/mol. The third-order valence-corrected chi connectivity index (χ3v) is 3.25. The maximum absolute atomic E-state index is 11.1. The summed E-state index contributed by atoms with van der Waals surface area (Å²) in [6.07, 6.45) is 1.53. The van der Waals surface area contributed by atoms with Gasteiger partial charge in [0.25, 0.3) is 0 Å². The maximum atomic E-state index is 11.1. The van der Waals surface area contributed by atoms with Crippen molar-refractivity contribution in [2.24, 2.45) is 0 Å². The number of carboxylic acid groups (broad SMARTS) is 1. The molecule has 1 N–H and O–H groups in total. The molecule has 0 bridgehead atoms. The fourth-order valence-corrected chi connectivity index (χ4v) is 2.24. The number of nitrogens with zero attached hydrogens (tertiary/aromatic N) is 1. The molecule has 0 aliphatic carbocycles. The highest BCUT2D eigenvalue weighted by Crippen LogP contribution is 2.31. The van der Waals surface area contributed by atoms with Gasteiger partial charge in [0.1, 0.15) is 5.75 Å². The van der Waals surface area contributed by atoms with Crippen molar-refractivity contribution in [3.63, 3.8) is 0 Å². The van der Waals surface area contributed by atoms with Crippen LogP contribution in [-0.2, 0) is 6.42 Å². The van der Waals surface area contributed by atoms with Crippen LogP contribution in [0.5, 0.6) is 11.6 Å². The fraction of sp³-hybridized carbons (Fsp3) is 0.200. The number of carboxylic acids is 1. The van der Waals surface area contributed by atoms with Gasteiger partial charge in [0, 0.05) is 16.8 Å². The highest BCUT2D eigenvalue weighted by Gasteiger charge is 2.11. The Morgan fingerprint density at radius 1 is 1.29 bits per heavy atom. The Hall–Kier alpha value is -1.78. The minimum atomic E-state index is -1.03. The largest absolute Gasteiger partial charge is 0.478 e. The molecule has 4 nitrogen and oxygen atoms in total. The molecule has 2 aromatic rings. The van der Waals surface area contributed by atoms with Crippen molar-refractivity contribution < 1.29 is 14.6 Å². The van der Waals surface area contributed by atoms with E-state index < -0.39 is 5.97 Å². The number of aryl methyl sites for hydroxylation is 1. The van der Waals surface area contributed by atoms with Crippen molar-refractivity contribution in [2.75, 3.05) is 0 Å². The van der Waals surface area contributed by atoms with Gasteiger partial charge in [-0.05, 0) is 30.7 Å². The zero-order valence-electron chi connectivity index (χ0n) is 11.3. The molecular formula is C15H13Cl2NO3. The third kappa shape index (κ3) is 4.09. The molecule has 0 amide bonds. The molecule has 1 aromatic carbocycles. The Morgan fingerprint density at radius 3 is 2.67 bits per heavy atom. The predicted molar refractivity (Wildman–Crippen MR) is 81.7 cm³/mol. The topological polar surface area (TPSA) is 59.4 Å². The SMILES string of the molecule is CCCc1cc(C(=O)O)cc(Oc2ccc(Cl)cc2Cl)n1. The quantitative estimate of drug-likeness (QED) is 0.855. The molecule has 0 aliphatic rings. The molecule has 2 rings (SSSR count). The van der Waals surface area contributed by atoms with Gasteiger partial charge in [-0.3, -0.25) is 0 Å². The Bertz CT molecular complexity index is 674. The van der Waals surface area contributed by atoms with Gasteiger partial charge in [-0.25, -0.2) is 9.78 Å². The molecule has 0 fully saturated rings. The van der Waals surface area contributed by atoms with Gasteiger partial charge in [-0.15, -0.1) is 0 Å². The summed E-state index contributed by atoms with van der Waals surface area (Å²) >= 11 is 11.8. The van der Waals surface area contributed by atoms with Gasteiger partial charge in [0.15, 0.2) is 0 Å². The first-order valence-electron chi connectivity index (χ1n) is 6.36. The van der Waals surface area contributed by atoms with E-state index in [2.05, 4.69) is 4.98 Å². The van der Waals surface area contributed by atoms with Crippen LogP contribution in [0, 0.1) is 0 Å². The average Bonchev–Trinajstić information content (AvgIpc) is 2.42. The van der Waals surface area contributed by atoms with Crippen molar-refractivity contribution >= 4 is 29.2 Å². The Labute approximate surface area is 132 Å². The predicted octanol–water partition coefficient (Wildman–Crippen LogP) is 4.83. The molecule has 1 aromatic heterocycles. The minimum absolute atomic E-state index is 0.133. The lowest BCUT2D eigenvalue weighted by atomic mass is 10.1. The fourth-order valence-electron chi connectivity index (χ4n) is 1.79. The van der Waals surface area contributed by atoms with Gasteiger partial charge in [0.2, 0.25) is 5.88 Å². The first-order chi connectivity index (χ1) is 9.99. The standard InChI is InChI=1S/C15H13Cl2NO3/c1-2-3-11-6-9(15(19)20)7-14(18-11)21-13-5-4-10(16)8-12(13)17/h4-8H,2-3H2,1H3,(H,19,20). The Morgan fingerprint density at radius 2 is 2.05 bits per heavy atom. The van der Waals surface area contributed by atoms with E-state index in [1.165, 1.54) is 6.07 Å². The van der Waals surface area contributed by atoms with E-state index in [-0.39, 0.29) is 11.4 Å². The summed E-state index contributed by atoms with van der Waals surface area (Å²) in [7, 11) is 0. The van der Waals surface area contributed by atoms with E-state index in [9.17, 15) is 4.79 Å². The molecule has 0 unspecified atom stereocenters. The van der Waals surface area contributed by atoms with E-state index in [4.69, 9.17) is 33.0 Å². The number of halogens is 2. The summed E-state index contributed by atoms with van der Waals surface area (Å²) < 4.78 is 5.58. The summed E-state index contributed by atoms with van der Waals surface area (Å²) in [6.45, 7) is 1.99. The van der Waals surface area contributed by atoms with Crippen LogP contribution in [0.4, 0.5) is 0 Å². The molecule has 0 saturated carbocycles. The normalized spacial score (nSPS) is 10.4. The van der Waals surface area contributed by atoms with E-state index >= 15 is 0 Å². The maximum Gasteiger partial charge on any atom is 0.335 e. The van der Waals surface area contributed by atoms with E-state index in [0.29, 0.717) is 27.9 Å². The van der Waals surface area contributed by atoms with Crippen LogP contribution in [0.15, 0.2) is 30.3 Å². The van der Waals surface area contributed by atoms with Crippen LogP contribution in [-0.4, -0.2) is 16.1 Å². The molecule has 0 saturated heterocycles. The van der Waals surface area contributed by atoms with E-state index in [1.54, 1.807) is 24.3 Å². The van der Waals surface area contributed by atoms with Gasteiger partial charge in [-0.1, -0.05) is 36.5 Å². The van der Waals surface area contributed by atoms with Crippen LogP contribution in [0.25, 0.3) is 0 Å². The summed E-state index contributed by atoms with van der Waals surface area (Å²) in [5, 5.41) is 9.96. The first-order valence-corrected chi connectivity index (χ1v) is 7.12. The number of hydrogen-bond donors (Lipinski definition) is 1. The second kappa shape index (κ2) is 6.78. The lowest BCUT2D eigenvalue weighted by Crippen LogP contribution is -2.02. The highest BCUT2D eigenvalue weighted by molar-refractivity contribution is 6.35. The number of hydrogen-bond acceptors (Lipinski definition) is 3. The zero-order valence-corrected chi connectivity index (χ0v) is 12.8. The molecule has 1 heterocycles. The van der Waals surface area contributed by atoms with Crippen LogP contribution < -0.4 is 4.74 Å². The lowest BCUT2D eigenvalue weighted by molar-refractivity contribution is 0.0696. The van der Waals surface area contributed by atoms with Gasteiger partial charge in [0.05, 0.1) is 10.6 Å². The number of rotatable bonds is 5. The number of aromatic carboxylic acids is 1. The van der Waals surface area contributed by atoms with Crippen molar-refractivity contribution in [3.8, 4) is 11.6 Å². The summed E-state index contributed by atoms with van der Waals surface area (Å²) in [4.78, 5) is 15.4. The lowest BCUT2D eigenvalue weighted by Gasteiger charge is -2.09. The monoisotopic (exact) mass is 325 g/mol. The molecule has 0 aliphatic heterocycles. The molecule has 0 atom stereocenters. The average molecular weight is 326 g/mol. The van der Waals surface area contributed by atoms with E-state index in [1.807, 2.05) is 6.92 Å². The Balaban J connectivity index is 2.36. The van der Waals surface area contributed by atoms with Crippen molar-refractivity contribution in [2.45, 2.75) is 19.8 Å². The first kappa shape index (κ1) is 15.6. The number of benzene rings is 1. The second-order valence-corrected chi connectivity index (χ2v) is 5.26. The summed E-state index contributed by atoms with van der Waals surface area (Å²) in [6, 6.07) is 7.71. The highest BCUT2D eigenvalue weighted by atomic mass is 35.5. The minimum Gasteiger partial charge on any atom is -0.478 e. The molecule has 110 valence electrons. The molecule has 21 heavy (non-hydrogen) atoms. The van der Waals surface area contributed by atoms with Gasteiger partial charge < -0.3 is 9.84 Å². The van der Waals surface area contributed by atoms with Crippen molar-refractivity contribution in [3.05, 3.63) is 51.6 Å². The van der Waals surface area contributed by atoms with Crippen LogP contribution >= 0.6 is 23.2 Å². The summed E-state index contributed by atoms with van der Waals surface area (Å²) in [5.41, 5.74) is 0.797. The van der Waals surface area contributed by atoms with Gasteiger partial charge >= 0.3 is 5.97 Å². The van der Waals surface area contributed by atoms with Crippen molar-refractivity contribution in [1.82, 2.24) is 4.98 Å². The smallest absolute Gasteiger partial charge is 0.335 e. The number of aromatic nitrogens is 1. The summed E-state index contributed by atoms with van der Waals surface area (Å²) in [5.74, 6) is -0.456. The number of carbonyl (C=O) groups is 1. The number of ether oxygens (including phenoxy) is 1. The zero-order chi connectivity index (χ0) is 15.4. The van der Waals surface area contributed by atoms with Crippen molar-refractivity contribution in [1.29, 1.82) is 0 Å². The van der Waals surface area contributed by atoms with Crippen LogP contribution in [0.2, 0.25) is 10.0 Å². The van der Waals surface area contributed by atoms with E-state index in [0.717, 1.165) is 6.42 Å². The molecule has 0 spiro atoms.